The van der Waals surface area contributed by atoms with E-state index in [1.54, 1.807) is 11.0 Å². The Balaban J connectivity index is 2.07. The minimum Gasteiger partial charge on any atom is -0.481 e. The Kier molecular flexibility index (Phi) is 4.34. The van der Waals surface area contributed by atoms with Crippen LogP contribution in [0.3, 0.4) is 0 Å². The van der Waals surface area contributed by atoms with E-state index in [1.165, 1.54) is 12.4 Å². The number of rotatable bonds is 3. The summed E-state index contributed by atoms with van der Waals surface area (Å²) in [7, 11) is 0. The Labute approximate surface area is 114 Å². The van der Waals surface area contributed by atoms with Crippen LogP contribution >= 0.6 is 11.6 Å². The standard InChI is InChI=1S/C12H13ClN2O4/c13-10-6-14-2-1-9(10)12(18)15-3-4-19-8(7-15)5-11(16)17/h1-2,6,8H,3-5,7H2,(H,16,17)/t8-/m0/s1. The lowest BCUT2D eigenvalue weighted by Gasteiger charge is -2.32. The van der Waals surface area contributed by atoms with Crippen molar-refractivity contribution in [2.45, 2.75) is 12.5 Å². The van der Waals surface area contributed by atoms with Crippen molar-refractivity contribution in [2.24, 2.45) is 0 Å². The van der Waals surface area contributed by atoms with Crippen molar-refractivity contribution in [3.63, 3.8) is 0 Å². The normalized spacial score (nSPS) is 19.2. The van der Waals surface area contributed by atoms with Gasteiger partial charge in [-0.05, 0) is 6.07 Å². The van der Waals surface area contributed by atoms with Crippen LogP contribution in [0.1, 0.15) is 16.8 Å². The minimum absolute atomic E-state index is 0.117. The van der Waals surface area contributed by atoms with E-state index in [0.717, 1.165) is 0 Å². The van der Waals surface area contributed by atoms with Gasteiger partial charge < -0.3 is 14.7 Å². The van der Waals surface area contributed by atoms with Crippen molar-refractivity contribution in [1.82, 2.24) is 9.88 Å². The molecule has 0 aromatic carbocycles. The van der Waals surface area contributed by atoms with Crippen LogP contribution in [0.4, 0.5) is 0 Å². The Bertz CT molecular complexity index is 494. The van der Waals surface area contributed by atoms with Crippen molar-refractivity contribution in [3.05, 3.63) is 29.0 Å². The molecule has 6 nitrogen and oxygen atoms in total. The van der Waals surface area contributed by atoms with E-state index in [9.17, 15) is 9.59 Å². The highest BCUT2D eigenvalue weighted by molar-refractivity contribution is 6.33. The van der Waals surface area contributed by atoms with Crippen LogP contribution in [0.2, 0.25) is 5.02 Å². The van der Waals surface area contributed by atoms with Gasteiger partial charge in [-0.1, -0.05) is 11.6 Å². The molecule has 19 heavy (non-hydrogen) atoms. The molecular formula is C12H13ClN2O4. The number of aliphatic carboxylic acids is 1. The minimum atomic E-state index is -0.943. The average molecular weight is 285 g/mol. The number of aromatic nitrogens is 1. The molecule has 0 unspecified atom stereocenters. The van der Waals surface area contributed by atoms with Crippen LogP contribution in [-0.2, 0) is 9.53 Å². The second-order valence-corrected chi connectivity index (χ2v) is 4.60. The van der Waals surface area contributed by atoms with Gasteiger partial charge in [-0.3, -0.25) is 14.6 Å². The molecule has 7 heteroatoms. The van der Waals surface area contributed by atoms with Crippen LogP contribution in [0.5, 0.6) is 0 Å². The first kappa shape index (κ1) is 13.8. The van der Waals surface area contributed by atoms with E-state index < -0.39 is 12.1 Å². The van der Waals surface area contributed by atoms with E-state index in [-0.39, 0.29) is 23.9 Å². The van der Waals surface area contributed by atoms with Crippen LogP contribution < -0.4 is 0 Å². The lowest BCUT2D eigenvalue weighted by molar-refractivity contribution is -0.141. The summed E-state index contributed by atoms with van der Waals surface area (Å²) in [6.45, 7) is 1.00. The SMILES string of the molecule is O=C(O)C[C@H]1CN(C(=O)c2ccncc2Cl)CCO1. The first-order valence-corrected chi connectivity index (χ1v) is 6.18. The number of morpholine rings is 1. The number of amides is 1. The third-order valence-electron chi connectivity index (χ3n) is 2.83. The van der Waals surface area contributed by atoms with Gasteiger partial charge in [-0.25, -0.2) is 0 Å². The van der Waals surface area contributed by atoms with Crippen molar-refractivity contribution >= 4 is 23.5 Å². The Hall–Kier alpha value is -1.66. The van der Waals surface area contributed by atoms with Gasteiger partial charge in [0.05, 0.1) is 29.7 Å². The molecule has 0 spiro atoms. The summed E-state index contributed by atoms with van der Waals surface area (Å²) in [6.07, 6.45) is 2.31. The Morgan fingerprint density at radius 2 is 2.37 bits per heavy atom. The second-order valence-electron chi connectivity index (χ2n) is 4.20. The van der Waals surface area contributed by atoms with Crippen LogP contribution in [0, 0.1) is 0 Å². The fourth-order valence-electron chi connectivity index (χ4n) is 1.94. The smallest absolute Gasteiger partial charge is 0.306 e. The molecule has 1 atom stereocenters. The van der Waals surface area contributed by atoms with Gasteiger partial charge in [0.2, 0.25) is 0 Å². The Morgan fingerprint density at radius 1 is 1.58 bits per heavy atom. The molecule has 0 radical (unpaired) electrons. The number of hydrogen-bond donors (Lipinski definition) is 1. The van der Waals surface area contributed by atoms with Crippen molar-refractivity contribution in [1.29, 1.82) is 0 Å². The van der Waals surface area contributed by atoms with Gasteiger partial charge in [0.1, 0.15) is 0 Å². The third kappa shape index (κ3) is 3.42. The molecular weight excluding hydrogens is 272 g/mol. The molecule has 2 rings (SSSR count). The summed E-state index contributed by atoms with van der Waals surface area (Å²) in [6, 6.07) is 1.55. The third-order valence-corrected chi connectivity index (χ3v) is 3.13. The number of nitrogens with zero attached hydrogens (tertiary/aromatic N) is 2. The van der Waals surface area contributed by atoms with Gasteiger partial charge >= 0.3 is 5.97 Å². The lowest BCUT2D eigenvalue weighted by Crippen LogP contribution is -2.46. The number of carbonyl (C=O) groups is 2. The van der Waals surface area contributed by atoms with Gasteiger partial charge in [-0.2, -0.15) is 0 Å². The summed E-state index contributed by atoms with van der Waals surface area (Å²) >= 11 is 5.92. The van der Waals surface area contributed by atoms with Crippen molar-refractivity contribution in [3.8, 4) is 0 Å². The van der Waals surface area contributed by atoms with E-state index in [0.29, 0.717) is 18.7 Å². The largest absolute Gasteiger partial charge is 0.481 e. The molecule has 1 N–H and O–H groups in total. The molecule has 0 aliphatic carbocycles. The fraction of sp³-hybridized carbons (Fsp3) is 0.417. The number of halogens is 1. The number of pyridine rings is 1. The molecule has 102 valence electrons. The number of carboxylic acids is 1. The van der Waals surface area contributed by atoms with Gasteiger partial charge in [0, 0.05) is 25.5 Å². The topological polar surface area (TPSA) is 79.7 Å². The number of hydrogen-bond acceptors (Lipinski definition) is 4. The summed E-state index contributed by atoms with van der Waals surface area (Å²) in [5.74, 6) is -1.17. The van der Waals surface area contributed by atoms with E-state index in [4.69, 9.17) is 21.4 Å². The van der Waals surface area contributed by atoms with E-state index in [2.05, 4.69) is 4.98 Å². The Morgan fingerprint density at radius 3 is 3.05 bits per heavy atom. The van der Waals surface area contributed by atoms with Crippen LogP contribution in [-0.4, -0.2) is 52.7 Å². The molecule has 0 saturated carbocycles. The first-order valence-electron chi connectivity index (χ1n) is 5.80. The highest BCUT2D eigenvalue weighted by atomic mass is 35.5. The maximum atomic E-state index is 12.3. The molecule has 1 aromatic rings. The highest BCUT2D eigenvalue weighted by Gasteiger charge is 2.27. The quantitative estimate of drug-likeness (QED) is 0.897. The average Bonchev–Trinajstić information content (AvgIpc) is 2.38. The summed E-state index contributed by atoms with van der Waals surface area (Å²) < 4.78 is 5.32. The first-order chi connectivity index (χ1) is 9.08. The molecule has 1 aromatic heterocycles. The van der Waals surface area contributed by atoms with Crippen molar-refractivity contribution in [2.75, 3.05) is 19.7 Å². The van der Waals surface area contributed by atoms with Gasteiger partial charge in [0.15, 0.2) is 0 Å². The number of ether oxygens (including phenoxy) is 1. The second kappa shape index (κ2) is 5.99. The number of carboxylic acid groups (broad SMARTS) is 1. The zero-order valence-corrected chi connectivity index (χ0v) is 10.8. The monoisotopic (exact) mass is 284 g/mol. The van der Waals surface area contributed by atoms with Gasteiger partial charge in [-0.15, -0.1) is 0 Å². The highest BCUT2D eigenvalue weighted by Crippen LogP contribution is 2.18. The summed E-state index contributed by atoms with van der Waals surface area (Å²) in [5, 5.41) is 9.02. The predicted octanol–water partition coefficient (Wildman–Crippen LogP) is 1.05. The molecule has 1 amide bonds. The molecule has 1 aliphatic rings. The summed E-state index contributed by atoms with van der Waals surface area (Å²) in [5.41, 5.74) is 0.368. The van der Waals surface area contributed by atoms with Crippen LogP contribution in [0.15, 0.2) is 18.5 Å². The number of carbonyl (C=O) groups excluding carboxylic acids is 1. The predicted molar refractivity (Wildman–Crippen MR) is 67.1 cm³/mol. The fourth-order valence-corrected chi connectivity index (χ4v) is 2.14. The molecule has 0 bridgehead atoms. The molecule has 1 fully saturated rings. The summed E-state index contributed by atoms with van der Waals surface area (Å²) in [4.78, 5) is 28.3. The zero-order valence-electron chi connectivity index (χ0n) is 10.1. The lowest BCUT2D eigenvalue weighted by atomic mass is 10.1. The molecule has 1 saturated heterocycles. The maximum Gasteiger partial charge on any atom is 0.306 e. The molecule has 1 aliphatic heterocycles. The van der Waals surface area contributed by atoms with Crippen LogP contribution in [0.25, 0.3) is 0 Å². The van der Waals surface area contributed by atoms with E-state index >= 15 is 0 Å². The van der Waals surface area contributed by atoms with E-state index in [1.807, 2.05) is 0 Å². The maximum absolute atomic E-state index is 12.3. The zero-order chi connectivity index (χ0) is 13.8. The van der Waals surface area contributed by atoms with Crippen molar-refractivity contribution < 1.29 is 19.4 Å². The van der Waals surface area contributed by atoms with Gasteiger partial charge in [0.25, 0.3) is 5.91 Å². The molecule has 2 heterocycles.